The molecule has 3 heteroatoms. The van der Waals surface area contributed by atoms with Crippen LogP contribution in [0.3, 0.4) is 0 Å². The number of aromatic nitrogens is 1. The normalized spacial score (nSPS) is 13.8. The quantitative estimate of drug-likeness (QED) is 0.194. The Labute approximate surface area is 276 Å². The summed E-state index contributed by atoms with van der Waals surface area (Å²) in [5, 5.41) is 6.87. The van der Waals surface area contributed by atoms with Crippen molar-refractivity contribution in [3.8, 4) is 27.9 Å². The second-order valence-electron chi connectivity index (χ2n) is 13.7. The van der Waals surface area contributed by atoms with E-state index in [9.17, 15) is 0 Å². The summed E-state index contributed by atoms with van der Waals surface area (Å²) >= 11 is 0. The zero-order valence-electron chi connectivity index (χ0n) is 26.5. The van der Waals surface area contributed by atoms with Crippen LogP contribution in [0.25, 0.3) is 93.6 Å². The molecule has 0 N–H and O–H groups in total. The molecule has 226 valence electrons. The van der Waals surface area contributed by atoms with E-state index >= 15 is 0 Å². The molecule has 0 aliphatic heterocycles. The van der Waals surface area contributed by atoms with Crippen molar-refractivity contribution >= 4 is 65.7 Å². The van der Waals surface area contributed by atoms with Gasteiger partial charge in [-0.25, -0.2) is 0 Å². The lowest BCUT2D eigenvalue weighted by atomic mass is 9.82. The number of furan rings is 2. The molecular weight excluding hydrogens is 587 g/mol. The van der Waals surface area contributed by atoms with Gasteiger partial charge in [-0.05, 0) is 81.9 Å². The molecule has 3 heterocycles. The van der Waals surface area contributed by atoms with Crippen LogP contribution in [0.15, 0.2) is 148 Å². The first-order valence-corrected chi connectivity index (χ1v) is 16.6. The first-order chi connectivity index (χ1) is 23.6. The van der Waals surface area contributed by atoms with Crippen molar-refractivity contribution in [2.24, 2.45) is 0 Å². The lowest BCUT2D eigenvalue weighted by Crippen LogP contribution is -2.15. The van der Waals surface area contributed by atoms with Crippen molar-refractivity contribution in [1.82, 2.24) is 4.57 Å². The highest BCUT2D eigenvalue weighted by atomic mass is 16.3. The fourth-order valence-electron chi connectivity index (χ4n) is 8.55. The number of rotatable bonds is 2. The zero-order chi connectivity index (χ0) is 31.7. The van der Waals surface area contributed by atoms with Crippen LogP contribution < -0.4 is 0 Å². The minimum Gasteiger partial charge on any atom is -0.456 e. The Kier molecular flexibility index (Phi) is 4.91. The van der Waals surface area contributed by atoms with Crippen LogP contribution in [-0.4, -0.2) is 4.57 Å². The van der Waals surface area contributed by atoms with Gasteiger partial charge < -0.3 is 13.4 Å². The number of nitrogens with zero attached hydrogens (tertiary/aromatic N) is 1. The van der Waals surface area contributed by atoms with Crippen LogP contribution >= 0.6 is 0 Å². The van der Waals surface area contributed by atoms with E-state index in [2.05, 4.69) is 146 Å². The van der Waals surface area contributed by atoms with Crippen LogP contribution in [0.5, 0.6) is 0 Å². The van der Waals surface area contributed by atoms with Crippen LogP contribution in [0.1, 0.15) is 25.0 Å². The summed E-state index contributed by atoms with van der Waals surface area (Å²) < 4.78 is 15.5. The van der Waals surface area contributed by atoms with E-state index in [1.54, 1.807) is 0 Å². The summed E-state index contributed by atoms with van der Waals surface area (Å²) in [7, 11) is 0. The van der Waals surface area contributed by atoms with Crippen LogP contribution in [0, 0.1) is 0 Å². The molecule has 7 aromatic carbocycles. The molecule has 0 saturated heterocycles. The van der Waals surface area contributed by atoms with Crippen molar-refractivity contribution in [3.05, 3.63) is 151 Å². The molecule has 3 aromatic heterocycles. The van der Waals surface area contributed by atoms with Crippen molar-refractivity contribution in [2.45, 2.75) is 19.3 Å². The first kappa shape index (κ1) is 26.1. The van der Waals surface area contributed by atoms with Gasteiger partial charge in [0.1, 0.15) is 16.7 Å². The Morgan fingerprint density at radius 3 is 2.00 bits per heavy atom. The Hall–Kier alpha value is -6.06. The minimum atomic E-state index is -0.108. The summed E-state index contributed by atoms with van der Waals surface area (Å²) in [6.45, 7) is 4.69. The molecule has 11 rings (SSSR count). The molecule has 1 aliphatic rings. The molecule has 0 amide bonds. The van der Waals surface area contributed by atoms with Gasteiger partial charge in [0, 0.05) is 43.4 Å². The molecule has 10 aromatic rings. The van der Waals surface area contributed by atoms with Crippen molar-refractivity contribution in [3.63, 3.8) is 0 Å². The number of hydrogen-bond donors (Lipinski definition) is 0. The van der Waals surface area contributed by atoms with E-state index in [0.717, 1.165) is 66.2 Å². The van der Waals surface area contributed by atoms with Crippen LogP contribution in [0.2, 0.25) is 0 Å². The van der Waals surface area contributed by atoms with Crippen LogP contribution in [-0.2, 0) is 5.41 Å². The molecule has 0 unspecified atom stereocenters. The predicted molar refractivity (Wildman–Crippen MR) is 198 cm³/mol. The van der Waals surface area contributed by atoms with Gasteiger partial charge in [0.2, 0.25) is 0 Å². The Morgan fingerprint density at radius 1 is 0.479 bits per heavy atom. The molecule has 0 atom stereocenters. The van der Waals surface area contributed by atoms with Crippen molar-refractivity contribution < 1.29 is 8.83 Å². The summed E-state index contributed by atoms with van der Waals surface area (Å²) in [5.41, 5.74) is 14.6. The van der Waals surface area contributed by atoms with Gasteiger partial charge in [-0.15, -0.1) is 0 Å². The monoisotopic (exact) mass is 615 g/mol. The summed E-state index contributed by atoms with van der Waals surface area (Å²) in [6, 6.07) is 50.3. The maximum atomic E-state index is 6.81. The molecular formula is C45H29NO2. The molecule has 0 bridgehead atoms. The number of hydrogen-bond acceptors (Lipinski definition) is 2. The van der Waals surface area contributed by atoms with Gasteiger partial charge in [-0.1, -0.05) is 105 Å². The molecule has 1 aliphatic carbocycles. The molecule has 0 spiro atoms. The van der Waals surface area contributed by atoms with Crippen molar-refractivity contribution in [1.29, 1.82) is 0 Å². The standard InChI is InChI=1S/C45H29NO2/c1-45(2)36-15-7-3-11-28(36)29-21-20-27(24-37(29)45)46-38-16-8-4-14-32(38)42-33(25-35-31-13-6-10-18-40(31)48-44(35)43(42)46)26-19-22-41-34(23-26)30-12-5-9-17-39(30)47-41/h3-25H,1-2H3. The van der Waals surface area contributed by atoms with Gasteiger partial charge in [0.15, 0.2) is 5.58 Å². The smallest absolute Gasteiger partial charge is 0.160 e. The third-order valence-corrected chi connectivity index (χ3v) is 10.8. The van der Waals surface area contributed by atoms with E-state index in [0.29, 0.717) is 0 Å². The van der Waals surface area contributed by atoms with Gasteiger partial charge in [-0.3, -0.25) is 0 Å². The van der Waals surface area contributed by atoms with Gasteiger partial charge in [0.05, 0.1) is 11.0 Å². The van der Waals surface area contributed by atoms with E-state index < -0.39 is 0 Å². The van der Waals surface area contributed by atoms with E-state index in [1.165, 1.54) is 38.6 Å². The molecule has 0 radical (unpaired) electrons. The highest BCUT2D eigenvalue weighted by molar-refractivity contribution is 6.26. The van der Waals surface area contributed by atoms with Gasteiger partial charge >= 0.3 is 0 Å². The number of benzene rings is 7. The second kappa shape index (κ2) is 9.05. The maximum absolute atomic E-state index is 6.81. The fourth-order valence-corrected chi connectivity index (χ4v) is 8.55. The van der Waals surface area contributed by atoms with E-state index in [4.69, 9.17) is 8.83 Å². The average Bonchev–Trinajstić information content (AvgIpc) is 3.85. The number of fused-ring (bicyclic) bond motifs is 13. The molecule has 3 nitrogen and oxygen atoms in total. The van der Waals surface area contributed by atoms with Gasteiger partial charge in [0.25, 0.3) is 0 Å². The second-order valence-corrected chi connectivity index (χ2v) is 13.7. The van der Waals surface area contributed by atoms with Crippen molar-refractivity contribution in [2.75, 3.05) is 0 Å². The first-order valence-electron chi connectivity index (χ1n) is 16.6. The largest absolute Gasteiger partial charge is 0.456 e. The Bertz CT molecular complexity index is 2980. The zero-order valence-corrected chi connectivity index (χ0v) is 26.5. The van der Waals surface area contributed by atoms with E-state index in [-0.39, 0.29) is 5.41 Å². The Balaban J connectivity index is 1.29. The topological polar surface area (TPSA) is 31.2 Å². The highest BCUT2D eigenvalue weighted by Gasteiger charge is 2.35. The minimum absolute atomic E-state index is 0.108. The Morgan fingerprint density at radius 2 is 1.15 bits per heavy atom. The predicted octanol–water partition coefficient (Wildman–Crippen LogP) is 12.6. The average molecular weight is 616 g/mol. The maximum Gasteiger partial charge on any atom is 0.160 e. The van der Waals surface area contributed by atoms with E-state index in [1.807, 2.05) is 12.1 Å². The summed E-state index contributed by atoms with van der Waals surface area (Å²) in [6.07, 6.45) is 0. The summed E-state index contributed by atoms with van der Waals surface area (Å²) in [4.78, 5) is 0. The summed E-state index contributed by atoms with van der Waals surface area (Å²) in [5.74, 6) is 0. The van der Waals surface area contributed by atoms with Gasteiger partial charge in [-0.2, -0.15) is 0 Å². The SMILES string of the molecule is CC1(C)c2ccccc2-c2ccc(-n3c4ccccc4c4c(-c5ccc6oc7ccccc7c6c5)cc5c6ccccc6oc5c43)cc21. The van der Waals surface area contributed by atoms with Crippen LogP contribution in [0.4, 0.5) is 0 Å². The third-order valence-electron chi connectivity index (χ3n) is 10.8. The lowest BCUT2D eigenvalue weighted by molar-refractivity contribution is 0.660. The molecule has 0 fully saturated rings. The number of para-hydroxylation sites is 3. The third kappa shape index (κ3) is 3.28. The fraction of sp³-hybridized carbons (Fsp3) is 0.0667. The lowest BCUT2D eigenvalue weighted by Gasteiger charge is -2.22. The highest BCUT2D eigenvalue weighted by Crippen LogP contribution is 2.51. The molecule has 0 saturated carbocycles. The molecule has 48 heavy (non-hydrogen) atoms.